The maximum Gasteiger partial charge on any atom is 0.123 e. The molecule has 0 aliphatic heterocycles. The molecule has 0 radical (unpaired) electrons. The summed E-state index contributed by atoms with van der Waals surface area (Å²) in [6, 6.07) is 6.65. The fourth-order valence-corrected chi connectivity index (χ4v) is 2.03. The van der Waals surface area contributed by atoms with Crippen molar-refractivity contribution in [1.82, 2.24) is 5.32 Å². The van der Waals surface area contributed by atoms with Crippen LogP contribution < -0.4 is 10.1 Å². The summed E-state index contributed by atoms with van der Waals surface area (Å²) < 4.78 is 6.88. The van der Waals surface area contributed by atoms with Crippen molar-refractivity contribution >= 4 is 27.7 Å². The van der Waals surface area contributed by atoms with Gasteiger partial charge in [-0.2, -0.15) is 11.8 Å². The van der Waals surface area contributed by atoms with Crippen molar-refractivity contribution in [2.75, 3.05) is 18.6 Å². The van der Waals surface area contributed by atoms with Crippen molar-refractivity contribution in [2.45, 2.75) is 26.4 Å². The van der Waals surface area contributed by atoms with E-state index in [4.69, 9.17) is 4.74 Å². The number of hydrogen-bond donors (Lipinski definition) is 1. The second-order valence-corrected chi connectivity index (χ2v) is 6.03. The Bertz CT molecular complexity index is 344. The molecule has 0 saturated carbocycles. The van der Waals surface area contributed by atoms with Crippen LogP contribution >= 0.6 is 27.7 Å². The van der Waals surface area contributed by atoms with Gasteiger partial charge in [-0.15, -0.1) is 0 Å². The van der Waals surface area contributed by atoms with E-state index in [0.29, 0.717) is 6.04 Å². The first-order valence-electron chi connectivity index (χ1n) is 5.77. The summed E-state index contributed by atoms with van der Waals surface area (Å²) in [5.41, 5.74) is 1.20. The number of hydrogen-bond acceptors (Lipinski definition) is 3. The maximum atomic E-state index is 5.78. The fourth-order valence-electron chi connectivity index (χ4n) is 1.38. The van der Waals surface area contributed by atoms with Crippen LogP contribution in [0.2, 0.25) is 0 Å². The number of thioether (sulfide) groups is 1. The third-order valence-corrected chi connectivity index (χ3v) is 3.34. The zero-order valence-electron chi connectivity index (χ0n) is 10.6. The van der Waals surface area contributed by atoms with Gasteiger partial charge in [0.05, 0.1) is 6.61 Å². The van der Waals surface area contributed by atoms with Crippen molar-refractivity contribution < 1.29 is 4.74 Å². The van der Waals surface area contributed by atoms with Crippen LogP contribution in [0.3, 0.4) is 0 Å². The number of ether oxygens (including phenoxy) is 1. The second kappa shape index (κ2) is 8.01. The van der Waals surface area contributed by atoms with Gasteiger partial charge in [-0.1, -0.05) is 29.8 Å². The quantitative estimate of drug-likeness (QED) is 0.775. The number of rotatable bonds is 7. The predicted octanol–water partition coefficient (Wildman–Crippen LogP) is 3.69. The van der Waals surface area contributed by atoms with Gasteiger partial charge in [0, 0.05) is 28.4 Å². The lowest BCUT2D eigenvalue weighted by molar-refractivity contribution is 0.338. The van der Waals surface area contributed by atoms with Crippen LogP contribution in [0, 0.1) is 0 Å². The van der Waals surface area contributed by atoms with Gasteiger partial charge in [-0.3, -0.25) is 0 Å². The first-order valence-corrected chi connectivity index (χ1v) is 7.95. The Morgan fingerprint density at radius 2 is 2.18 bits per heavy atom. The monoisotopic (exact) mass is 317 g/mol. The Labute approximate surface area is 117 Å². The van der Waals surface area contributed by atoms with E-state index in [-0.39, 0.29) is 0 Å². The predicted molar refractivity (Wildman–Crippen MR) is 80.0 cm³/mol. The van der Waals surface area contributed by atoms with Gasteiger partial charge in [0.15, 0.2) is 0 Å². The normalized spacial score (nSPS) is 10.9. The smallest absolute Gasteiger partial charge is 0.123 e. The highest BCUT2D eigenvalue weighted by atomic mass is 79.9. The van der Waals surface area contributed by atoms with E-state index >= 15 is 0 Å². The highest BCUT2D eigenvalue weighted by Crippen LogP contribution is 2.23. The van der Waals surface area contributed by atoms with Gasteiger partial charge >= 0.3 is 0 Å². The van der Waals surface area contributed by atoms with Crippen LogP contribution in [0.25, 0.3) is 0 Å². The van der Waals surface area contributed by atoms with E-state index in [9.17, 15) is 0 Å². The molecule has 0 bridgehead atoms. The number of nitrogens with one attached hydrogen (secondary N) is 1. The molecule has 1 aromatic carbocycles. The summed E-state index contributed by atoms with van der Waals surface area (Å²) in [6.45, 7) is 5.89. The minimum atomic E-state index is 0.480. The highest BCUT2D eigenvalue weighted by Gasteiger charge is 2.05. The van der Waals surface area contributed by atoms with Crippen molar-refractivity contribution in [3.8, 4) is 5.75 Å². The third kappa shape index (κ3) is 5.80. The zero-order valence-corrected chi connectivity index (χ0v) is 13.0. The molecular weight excluding hydrogens is 298 g/mol. The number of benzene rings is 1. The van der Waals surface area contributed by atoms with Crippen LogP contribution in [-0.4, -0.2) is 24.7 Å². The minimum Gasteiger partial charge on any atom is -0.492 e. The summed E-state index contributed by atoms with van der Waals surface area (Å²) in [5.74, 6) is 2.00. The van der Waals surface area contributed by atoms with Crippen LogP contribution in [0.1, 0.15) is 19.4 Å². The van der Waals surface area contributed by atoms with Crippen molar-refractivity contribution in [2.24, 2.45) is 0 Å². The van der Waals surface area contributed by atoms with Gasteiger partial charge in [-0.25, -0.2) is 0 Å². The molecule has 0 saturated heterocycles. The molecule has 0 amide bonds. The molecule has 0 fully saturated rings. The zero-order chi connectivity index (χ0) is 12.7. The van der Waals surface area contributed by atoms with Gasteiger partial charge in [0.1, 0.15) is 5.75 Å². The van der Waals surface area contributed by atoms with Crippen molar-refractivity contribution in [3.05, 3.63) is 28.2 Å². The molecule has 4 heteroatoms. The Morgan fingerprint density at radius 1 is 1.41 bits per heavy atom. The lowest BCUT2D eigenvalue weighted by Gasteiger charge is -2.14. The van der Waals surface area contributed by atoms with E-state index in [1.807, 2.05) is 12.1 Å². The summed E-state index contributed by atoms with van der Waals surface area (Å²) in [6.07, 6.45) is 2.09. The molecule has 1 rings (SSSR count). The maximum absolute atomic E-state index is 5.78. The molecule has 0 aliphatic rings. The lowest BCUT2D eigenvalue weighted by Crippen LogP contribution is -2.22. The van der Waals surface area contributed by atoms with E-state index < -0.39 is 0 Å². The lowest BCUT2D eigenvalue weighted by atomic mass is 10.2. The molecule has 96 valence electrons. The van der Waals surface area contributed by atoms with E-state index in [1.54, 1.807) is 11.8 Å². The highest BCUT2D eigenvalue weighted by molar-refractivity contribution is 9.10. The van der Waals surface area contributed by atoms with Crippen LogP contribution in [0.5, 0.6) is 5.75 Å². The standard InChI is InChI=1S/C13H20BrNOS/c1-10(2)15-9-11-8-12(14)4-5-13(11)16-6-7-17-3/h4-5,8,10,15H,6-7,9H2,1-3H3. The number of halogens is 1. The summed E-state index contributed by atoms with van der Waals surface area (Å²) in [5, 5.41) is 3.41. The summed E-state index contributed by atoms with van der Waals surface area (Å²) in [7, 11) is 0. The van der Waals surface area contributed by atoms with Crippen LogP contribution in [0.4, 0.5) is 0 Å². The largest absolute Gasteiger partial charge is 0.492 e. The van der Waals surface area contributed by atoms with Crippen molar-refractivity contribution in [3.63, 3.8) is 0 Å². The topological polar surface area (TPSA) is 21.3 Å². The first kappa shape index (κ1) is 14.9. The molecular formula is C13H20BrNOS. The first-order chi connectivity index (χ1) is 8.13. The molecule has 1 aromatic rings. The molecule has 0 spiro atoms. The van der Waals surface area contributed by atoms with Gasteiger partial charge in [-0.05, 0) is 24.5 Å². The van der Waals surface area contributed by atoms with Crippen LogP contribution in [-0.2, 0) is 6.54 Å². The fraction of sp³-hybridized carbons (Fsp3) is 0.538. The molecule has 0 atom stereocenters. The summed E-state index contributed by atoms with van der Waals surface area (Å²) >= 11 is 5.30. The third-order valence-electron chi connectivity index (χ3n) is 2.27. The average molecular weight is 318 g/mol. The molecule has 0 heterocycles. The minimum absolute atomic E-state index is 0.480. The second-order valence-electron chi connectivity index (χ2n) is 4.13. The van der Waals surface area contributed by atoms with Gasteiger partial charge in [0.2, 0.25) is 0 Å². The molecule has 2 nitrogen and oxygen atoms in total. The molecule has 1 N–H and O–H groups in total. The molecule has 0 aromatic heterocycles. The molecule has 17 heavy (non-hydrogen) atoms. The van der Waals surface area contributed by atoms with E-state index in [2.05, 4.69) is 47.4 Å². The van der Waals surface area contributed by atoms with Crippen molar-refractivity contribution in [1.29, 1.82) is 0 Å². The molecule has 0 unspecified atom stereocenters. The Morgan fingerprint density at radius 3 is 2.82 bits per heavy atom. The Kier molecular flexibility index (Phi) is 7.00. The van der Waals surface area contributed by atoms with Crippen LogP contribution in [0.15, 0.2) is 22.7 Å². The summed E-state index contributed by atoms with van der Waals surface area (Å²) in [4.78, 5) is 0. The van der Waals surface area contributed by atoms with E-state index in [1.165, 1.54) is 5.56 Å². The Balaban J connectivity index is 2.66. The average Bonchev–Trinajstić information content (AvgIpc) is 2.29. The Hall–Kier alpha value is -0.190. The van der Waals surface area contributed by atoms with Gasteiger partial charge < -0.3 is 10.1 Å². The van der Waals surface area contributed by atoms with Gasteiger partial charge in [0.25, 0.3) is 0 Å². The van der Waals surface area contributed by atoms with E-state index in [0.717, 1.165) is 29.1 Å². The molecule has 0 aliphatic carbocycles. The SMILES string of the molecule is CSCCOc1ccc(Br)cc1CNC(C)C.